The van der Waals surface area contributed by atoms with E-state index < -0.39 is 18.5 Å². The third-order valence-corrected chi connectivity index (χ3v) is 4.67. The van der Waals surface area contributed by atoms with Gasteiger partial charge in [0.25, 0.3) is 5.91 Å². The van der Waals surface area contributed by atoms with Gasteiger partial charge in [0.05, 0.1) is 12.8 Å². The van der Waals surface area contributed by atoms with Crippen molar-refractivity contribution in [2.24, 2.45) is 0 Å². The van der Waals surface area contributed by atoms with E-state index in [4.69, 9.17) is 21.1 Å². The Morgan fingerprint density at radius 3 is 2.64 bits per heavy atom. The van der Waals surface area contributed by atoms with E-state index in [1.54, 1.807) is 31.4 Å². The van der Waals surface area contributed by atoms with E-state index >= 15 is 0 Å². The highest BCUT2D eigenvalue weighted by Crippen LogP contribution is 2.30. The zero-order valence-corrected chi connectivity index (χ0v) is 15.5. The average molecular weight is 385 g/mol. The quantitative estimate of drug-likeness (QED) is 0.772. The van der Waals surface area contributed by atoms with Crippen LogP contribution in [0, 0.1) is 13.8 Å². The number of hydrogen-bond donors (Lipinski definition) is 1. The number of carbonyl (C=O) groups is 2. The van der Waals surface area contributed by atoms with Gasteiger partial charge in [0.1, 0.15) is 12.3 Å². The minimum absolute atomic E-state index is 0.231. The number of carbonyl (C=O) groups excluding carboxylic acids is 2. The van der Waals surface area contributed by atoms with Gasteiger partial charge in [-0.1, -0.05) is 22.9 Å². The summed E-state index contributed by atoms with van der Waals surface area (Å²) in [7, 11) is 1.46. The Bertz CT molecular complexity index is 859. The van der Waals surface area contributed by atoms with Gasteiger partial charge in [-0.05, 0) is 25.5 Å². The lowest BCUT2D eigenvalue weighted by Crippen LogP contribution is -2.26. The van der Waals surface area contributed by atoms with Crippen LogP contribution in [0.15, 0.2) is 22.3 Å². The number of methoxy groups -OCH3 is 1. The Labute approximate surface area is 153 Å². The smallest absolute Gasteiger partial charge is 0.326 e. The third-order valence-electron chi connectivity index (χ3n) is 3.38. The molecule has 1 N–H and O–H groups in total. The van der Waals surface area contributed by atoms with Crippen molar-refractivity contribution in [1.29, 1.82) is 0 Å². The topological polar surface area (TPSA) is 86.6 Å². The van der Waals surface area contributed by atoms with E-state index in [-0.39, 0.29) is 11.4 Å². The summed E-state index contributed by atoms with van der Waals surface area (Å²) in [6, 6.07) is 3.25. The Hall–Kier alpha value is -2.32. The van der Waals surface area contributed by atoms with E-state index in [2.05, 4.69) is 5.32 Å². The molecule has 0 atom stereocenters. The first kappa shape index (κ1) is 19.0. The second-order valence-electron chi connectivity index (χ2n) is 5.24. The van der Waals surface area contributed by atoms with E-state index in [1.165, 1.54) is 11.7 Å². The van der Waals surface area contributed by atoms with Crippen molar-refractivity contribution >= 4 is 40.5 Å². The molecule has 0 aliphatic heterocycles. The molecule has 0 saturated heterocycles. The van der Waals surface area contributed by atoms with Crippen molar-refractivity contribution in [3.63, 3.8) is 0 Å². The molecule has 25 heavy (non-hydrogen) atoms. The standard InChI is InChI=1S/C16H17ClN2O5S/c1-9-4-12(13(23-3)5-11(9)17)18-14(20)7-24-15(21)6-19-10(2)8-25-16(19)22/h4-5,8H,6-7H2,1-3H3,(H,18,20). The number of anilines is 1. The Kier molecular flexibility index (Phi) is 6.22. The number of esters is 1. The van der Waals surface area contributed by atoms with Gasteiger partial charge in [0.2, 0.25) is 0 Å². The summed E-state index contributed by atoms with van der Waals surface area (Å²) in [4.78, 5) is 35.1. The van der Waals surface area contributed by atoms with E-state index in [0.717, 1.165) is 16.9 Å². The van der Waals surface area contributed by atoms with Gasteiger partial charge < -0.3 is 14.8 Å². The van der Waals surface area contributed by atoms with Crippen molar-refractivity contribution in [2.75, 3.05) is 19.0 Å². The lowest BCUT2D eigenvalue weighted by molar-refractivity contribution is -0.147. The van der Waals surface area contributed by atoms with Gasteiger partial charge in [-0.25, -0.2) is 0 Å². The minimum Gasteiger partial charge on any atom is -0.495 e. The molecule has 0 bridgehead atoms. The van der Waals surface area contributed by atoms with Crippen LogP contribution >= 0.6 is 22.9 Å². The molecular weight excluding hydrogens is 368 g/mol. The molecule has 2 aromatic rings. The van der Waals surface area contributed by atoms with E-state index in [9.17, 15) is 14.4 Å². The van der Waals surface area contributed by atoms with Gasteiger partial charge >= 0.3 is 10.8 Å². The summed E-state index contributed by atoms with van der Waals surface area (Å²) in [6.07, 6.45) is 0. The molecule has 0 spiro atoms. The molecule has 0 fully saturated rings. The van der Waals surface area contributed by atoms with Crippen molar-refractivity contribution in [1.82, 2.24) is 4.57 Å². The maximum Gasteiger partial charge on any atom is 0.326 e. The SMILES string of the molecule is COc1cc(Cl)c(C)cc1NC(=O)COC(=O)Cn1c(C)csc1=O. The van der Waals surface area contributed by atoms with Gasteiger partial charge in [0.15, 0.2) is 6.61 Å². The number of halogens is 1. The largest absolute Gasteiger partial charge is 0.495 e. The summed E-state index contributed by atoms with van der Waals surface area (Å²) in [6.45, 7) is 2.80. The first-order valence-corrected chi connectivity index (χ1v) is 8.52. The number of thiazole rings is 1. The monoisotopic (exact) mass is 384 g/mol. The fraction of sp³-hybridized carbons (Fsp3) is 0.312. The number of nitrogens with one attached hydrogen (secondary N) is 1. The minimum atomic E-state index is -0.669. The molecule has 134 valence electrons. The van der Waals surface area contributed by atoms with Gasteiger partial charge in [-0.2, -0.15) is 0 Å². The zero-order chi connectivity index (χ0) is 18.6. The zero-order valence-electron chi connectivity index (χ0n) is 13.9. The van der Waals surface area contributed by atoms with Crippen molar-refractivity contribution < 1.29 is 19.1 Å². The maximum absolute atomic E-state index is 12.0. The molecular formula is C16H17ClN2O5S. The first-order chi connectivity index (χ1) is 11.8. The highest BCUT2D eigenvalue weighted by atomic mass is 35.5. The second-order valence-corrected chi connectivity index (χ2v) is 6.47. The fourth-order valence-electron chi connectivity index (χ4n) is 2.03. The lowest BCUT2D eigenvalue weighted by Gasteiger charge is -2.12. The van der Waals surface area contributed by atoms with Crippen molar-refractivity contribution in [2.45, 2.75) is 20.4 Å². The molecule has 0 unspecified atom stereocenters. The number of benzene rings is 1. The van der Waals surface area contributed by atoms with Crippen LogP contribution in [0.25, 0.3) is 0 Å². The molecule has 1 aromatic carbocycles. The first-order valence-electron chi connectivity index (χ1n) is 7.26. The van der Waals surface area contributed by atoms with Crippen LogP contribution in [0.3, 0.4) is 0 Å². The van der Waals surface area contributed by atoms with E-state index in [0.29, 0.717) is 22.2 Å². The van der Waals surface area contributed by atoms with Crippen LogP contribution in [0.2, 0.25) is 5.02 Å². The third kappa shape index (κ3) is 4.83. The van der Waals surface area contributed by atoms with Crippen LogP contribution in [0.4, 0.5) is 5.69 Å². The molecule has 1 aromatic heterocycles. The number of aryl methyl sites for hydroxylation is 2. The summed E-state index contributed by atoms with van der Waals surface area (Å²) in [5, 5.41) is 4.76. The summed E-state index contributed by atoms with van der Waals surface area (Å²) in [5.41, 5.74) is 1.86. The van der Waals surface area contributed by atoms with Crippen LogP contribution in [0.1, 0.15) is 11.3 Å². The number of amides is 1. The highest BCUT2D eigenvalue weighted by molar-refractivity contribution is 7.07. The average Bonchev–Trinajstić information content (AvgIpc) is 2.88. The normalized spacial score (nSPS) is 10.4. The molecule has 0 aliphatic carbocycles. The van der Waals surface area contributed by atoms with Gasteiger partial charge in [0, 0.05) is 22.2 Å². The fourth-order valence-corrected chi connectivity index (χ4v) is 2.92. The predicted molar refractivity (Wildman–Crippen MR) is 95.6 cm³/mol. The lowest BCUT2D eigenvalue weighted by atomic mass is 10.2. The van der Waals surface area contributed by atoms with Crippen molar-refractivity contribution in [3.8, 4) is 5.75 Å². The molecule has 2 rings (SSSR count). The molecule has 7 nitrogen and oxygen atoms in total. The molecule has 1 heterocycles. The van der Waals surface area contributed by atoms with Crippen LogP contribution in [0.5, 0.6) is 5.75 Å². The van der Waals surface area contributed by atoms with Crippen LogP contribution < -0.4 is 14.9 Å². The summed E-state index contributed by atoms with van der Waals surface area (Å²) in [5.74, 6) is -0.795. The van der Waals surface area contributed by atoms with Crippen LogP contribution in [-0.4, -0.2) is 30.2 Å². The molecule has 0 saturated carbocycles. The Morgan fingerprint density at radius 2 is 2.04 bits per heavy atom. The number of rotatable bonds is 6. The number of nitrogens with zero attached hydrogens (tertiary/aromatic N) is 1. The number of ether oxygens (including phenoxy) is 2. The molecule has 1 amide bonds. The Balaban J connectivity index is 1.94. The predicted octanol–water partition coefficient (Wildman–Crippen LogP) is 2.37. The number of aromatic nitrogens is 1. The van der Waals surface area contributed by atoms with Crippen LogP contribution in [-0.2, 0) is 20.9 Å². The Morgan fingerprint density at radius 1 is 1.32 bits per heavy atom. The maximum atomic E-state index is 12.0. The van der Waals surface area contributed by atoms with Crippen molar-refractivity contribution in [3.05, 3.63) is 43.5 Å². The summed E-state index contributed by atoms with van der Waals surface area (Å²) < 4.78 is 11.4. The van der Waals surface area contributed by atoms with E-state index in [1.807, 2.05) is 0 Å². The van der Waals surface area contributed by atoms with Gasteiger partial charge in [-0.15, -0.1) is 0 Å². The number of hydrogen-bond acceptors (Lipinski definition) is 6. The molecule has 9 heteroatoms. The molecule has 0 radical (unpaired) electrons. The van der Waals surface area contributed by atoms with Gasteiger partial charge in [-0.3, -0.25) is 19.0 Å². The highest BCUT2D eigenvalue weighted by Gasteiger charge is 2.14. The molecule has 0 aliphatic rings. The second kappa shape index (κ2) is 8.17. The summed E-state index contributed by atoms with van der Waals surface area (Å²) >= 11 is 7.01.